The first-order chi connectivity index (χ1) is 11.2. The number of amides is 1. The molecule has 1 heterocycles. The lowest BCUT2D eigenvalue weighted by Gasteiger charge is -2.34. The van der Waals surface area contributed by atoms with E-state index in [1.807, 2.05) is 12.1 Å². The number of carbonyl (C=O) groups excluding carboxylic acids is 1. The molecule has 2 aliphatic rings. The number of anilines is 1. The number of hydrogen-bond acceptors (Lipinski definition) is 4. The van der Waals surface area contributed by atoms with Gasteiger partial charge in [0.1, 0.15) is 0 Å². The number of piperazine rings is 1. The summed E-state index contributed by atoms with van der Waals surface area (Å²) in [6, 6.07) is 7.94. The first kappa shape index (κ1) is 16.3. The Morgan fingerprint density at radius 1 is 1.09 bits per heavy atom. The highest BCUT2D eigenvalue weighted by molar-refractivity contribution is 5.94. The van der Waals surface area contributed by atoms with Gasteiger partial charge in [0, 0.05) is 44.0 Å². The number of hydrogen-bond donors (Lipinski definition) is 2. The highest BCUT2D eigenvalue weighted by atomic mass is 16.2. The first-order valence-electron chi connectivity index (χ1n) is 8.79. The smallest absolute Gasteiger partial charge is 0.265 e. The van der Waals surface area contributed by atoms with E-state index in [2.05, 4.69) is 39.8 Å². The van der Waals surface area contributed by atoms with Crippen LogP contribution in [0.5, 0.6) is 0 Å². The quantitative estimate of drug-likeness (QED) is 0.814. The minimum Gasteiger partial charge on any atom is -0.369 e. The van der Waals surface area contributed by atoms with Crippen LogP contribution in [0.2, 0.25) is 0 Å². The maximum Gasteiger partial charge on any atom is 0.265 e. The number of likely N-dealkylation sites (N-methyl/N-ethyl adjacent to an activating group) is 1. The Bertz CT molecular complexity index is 502. The summed E-state index contributed by atoms with van der Waals surface area (Å²) in [4.78, 5) is 16.9. The molecule has 0 unspecified atom stereocenters. The topological polar surface area (TPSA) is 47.6 Å². The fraction of sp³-hybridized carbons (Fsp3) is 0.611. The molecule has 1 aromatic carbocycles. The van der Waals surface area contributed by atoms with Gasteiger partial charge in [-0.25, -0.2) is 5.43 Å². The van der Waals surface area contributed by atoms with Crippen molar-refractivity contribution in [1.29, 1.82) is 0 Å². The minimum atomic E-state index is -0.0482. The summed E-state index contributed by atoms with van der Waals surface area (Å²) < 4.78 is 0. The highest BCUT2D eigenvalue weighted by Crippen LogP contribution is 2.23. The Morgan fingerprint density at radius 3 is 2.39 bits per heavy atom. The maximum atomic E-state index is 12.2. The third-order valence-electron chi connectivity index (χ3n) is 5.07. The predicted octanol–water partition coefficient (Wildman–Crippen LogP) is 1.86. The summed E-state index contributed by atoms with van der Waals surface area (Å²) >= 11 is 0. The summed E-state index contributed by atoms with van der Waals surface area (Å²) in [5.74, 6) is 0.669. The summed E-state index contributed by atoms with van der Waals surface area (Å²) in [6.07, 6.45) is 5.22. The van der Waals surface area contributed by atoms with Gasteiger partial charge in [0.2, 0.25) is 0 Å². The van der Waals surface area contributed by atoms with Crippen molar-refractivity contribution in [2.75, 3.05) is 44.7 Å². The zero-order valence-electron chi connectivity index (χ0n) is 14.1. The standard InChI is InChI=1S/C18H28N4O/c1-21-10-12-22(13-11-21)17-8-6-16(7-9-17)18(23)20-19-14-15-4-2-3-5-15/h6-9,15,19H,2-5,10-14H2,1H3,(H,20,23). The van der Waals surface area contributed by atoms with Crippen molar-refractivity contribution in [3.63, 3.8) is 0 Å². The molecule has 0 atom stereocenters. The summed E-state index contributed by atoms with van der Waals surface area (Å²) in [6.45, 7) is 5.15. The van der Waals surface area contributed by atoms with Gasteiger partial charge in [0.05, 0.1) is 0 Å². The maximum absolute atomic E-state index is 12.2. The average molecular weight is 316 g/mol. The lowest BCUT2D eigenvalue weighted by molar-refractivity contribution is 0.0930. The molecule has 126 valence electrons. The van der Waals surface area contributed by atoms with Gasteiger partial charge in [-0.05, 0) is 50.1 Å². The third kappa shape index (κ3) is 4.45. The Hall–Kier alpha value is -1.59. The molecule has 1 saturated heterocycles. The van der Waals surface area contributed by atoms with Crippen LogP contribution in [-0.2, 0) is 0 Å². The van der Waals surface area contributed by atoms with Gasteiger partial charge in [-0.2, -0.15) is 0 Å². The van der Waals surface area contributed by atoms with Crippen molar-refractivity contribution in [2.45, 2.75) is 25.7 Å². The van der Waals surface area contributed by atoms with Crippen LogP contribution in [-0.4, -0.2) is 50.6 Å². The summed E-state index contributed by atoms with van der Waals surface area (Å²) in [5, 5.41) is 0. The molecule has 0 aromatic heterocycles. The highest BCUT2D eigenvalue weighted by Gasteiger charge is 2.16. The Labute approximate surface area is 139 Å². The van der Waals surface area contributed by atoms with E-state index in [1.165, 1.54) is 31.4 Å². The Balaban J connectivity index is 1.47. The molecule has 23 heavy (non-hydrogen) atoms. The molecule has 1 aliphatic heterocycles. The van der Waals surface area contributed by atoms with Crippen LogP contribution in [0.15, 0.2) is 24.3 Å². The van der Waals surface area contributed by atoms with Crippen molar-refractivity contribution in [3.8, 4) is 0 Å². The Morgan fingerprint density at radius 2 is 1.74 bits per heavy atom. The van der Waals surface area contributed by atoms with Crippen LogP contribution in [0, 0.1) is 5.92 Å². The second-order valence-corrected chi connectivity index (χ2v) is 6.82. The molecular weight excluding hydrogens is 288 g/mol. The molecule has 0 radical (unpaired) electrons. The van der Waals surface area contributed by atoms with E-state index in [9.17, 15) is 4.79 Å². The van der Waals surface area contributed by atoms with Gasteiger partial charge >= 0.3 is 0 Å². The van der Waals surface area contributed by atoms with Crippen molar-refractivity contribution in [2.24, 2.45) is 5.92 Å². The van der Waals surface area contributed by atoms with Gasteiger partial charge in [-0.15, -0.1) is 0 Å². The van der Waals surface area contributed by atoms with Crippen LogP contribution in [0.1, 0.15) is 36.0 Å². The van der Waals surface area contributed by atoms with Gasteiger partial charge in [-0.1, -0.05) is 12.8 Å². The minimum absolute atomic E-state index is 0.0482. The number of nitrogens with zero attached hydrogens (tertiary/aromatic N) is 2. The molecular formula is C18H28N4O. The fourth-order valence-electron chi connectivity index (χ4n) is 3.45. The zero-order valence-corrected chi connectivity index (χ0v) is 14.1. The lowest BCUT2D eigenvalue weighted by atomic mass is 10.1. The molecule has 0 spiro atoms. The number of hydrazine groups is 1. The molecule has 3 rings (SSSR count). The SMILES string of the molecule is CN1CCN(c2ccc(C(=O)NNCC3CCCC3)cc2)CC1. The van der Waals surface area contributed by atoms with Crippen molar-refractivity contribution in [1.82, 2.24) is 15.8 Å². The van der Waals surface area contributed by atoms with Gasteiger partial charge in [0.25, 0.3) is 5.91 Å². The normalized spacial score (nSPS) is 20.0. The number of nitrogens with one attached hydrogen (secondary N) is 2. The number of carbonyl (C=O) groups is 1. The van der Waals surface area contributed by atoms with E-state index in [0.29, 0.717) is 5.56 Å². The van der Waals surface area contributed by atoms with Crippen LogP contribution >= 0.6 is 0 Å². The van der Waals surface area contributed by atoms with Crippen molar-refractivity contribution in [3.05, 3.63) is 29.8 Å². The average Bonchev–Trinajstić information content (AvgIpc) is 3.09. The van der Waals surface area contributed by atoms with Crippen molar-refractivity contribution < 1.29 is 4.79 Å². The summed E-state index contributed by atoms with van der Waals surface area (Å²) in [7, 11) is 2.16. The van der Waals surface area contributed by atoms with Gasteiger partial charge in [-0.3, -0.25) is 10.2 Å². The molecule has 5 nitrogen and oxygen atoms in total. The Kier molecular flexibility index (Phi) is 5.51. The summed E-state index contributed by atoms with van der Waals surface area (Å²) in [5.41, 5.74) is 7.83. The molecule has 1 aliphatic carbocycles. The molecule has 1 saturated carbocycles. The van der Waals surface area contributed by atoms with Crippen LogP contribution < -0.4 is 15.8 Å². The molecule has 2 N–H and O–H groups in total. The van der Waals surface area contributed by atoms with E-state index in [0.717, 1.165) is 38.6 Å². The monoisotopic (exact) mass is 316 g/mol. The third-order valence-corrected chi connectivity index (χ3v) is 5.07. The molecule has 0 bridgehead atoms. The molecule has 1 aromatic rings. The van der Waals surface area contributed by atoms with E-state index in [4.69, 9.17) is 0 Å². The van der Waals surface area contributed by atoms with E-state index >= 15 is 0 Å². The zero-order chi connectivity index (χ0) is 16.1. The number of benzene rings is 1. The van der Waals surface area contributed by atoms with Crippen molar-refractivity contribution >= 4 is 11.6 Å². The van der Waals surface area contributed by atoms with Gasteiger partial charge < -0.3 is 9.80 Å². The van der Waals surface area contributed by atoms with Gasteiger partial charge in [0.15, 0.2) is 0 Å². The van der Waals surface area contributed by atoms with Crippen LogP contribution in [0.4, 0.5) is 5.69 Å². The van der Waals surface area contributed by atoms with Crippen LogP contribution in [0.3, 0.4) is 0 Å². The second-order valence-electron chi connectivity index (χ2n) is 6.82. The van der Waals surface area contributed by atoms with Crippen LogP contribution in [0.25, 0.3) is 0 Å². The largest absolute Gasteiger partial charge is 0.369 e. The fourth-order valence-corrected chi connectivity index (χ4v) is 3.45. The van der Waals surface area contributed by atoms with E-state index in [-0.39, 0.29) is 5.91 Å². The number of rotatable bonds is 5. The van der Waals surface area contributed by atoms with E-state index < -0.39 is 0 Å². The predicted molar refractivity (Wildman–Crippen MR) is 93.6 cm³/mol. The lowest BCUT2D eigenvalue weighted by Crippen LogP contribution is -2.44. The van der Waals surface area contributed by atoms with E-state index in [1.54, 1.807) is 0 Å². The molecule has 5 heteroatoms. The molecule has 1 amide bonds. The first-order valence-corrected chi connectivity index (χ1v) is 8.79. The molecule has 2 fully saturated rings. The second kappa shape index (κ2) is 7.79.